The van der Waals surface area contributed by atoms with E-state index in [1.165, 1.54) is 5.56 Å². The fourth-order valence-corrected chi connectivity index (χ4v) is 4.14. The maximum absolute atomic E-state index is 13.1. The second-order valence-corrected chi connectivity index (χ2v) is 7.41. The van der Waals surface area contributed by atoms with Crippen molar-refractivity contribution in [2.24, 2.45) is 0 Å². The Hall–Kier alpha value is -2.01. The fraction of sp³-hybridized carbons (Fsp3) is 0.250. The normalized spacial score (nSPS) is 16.7. The van der Waals surface area contributed by atoms with Crippen LogP contribution in [0.1, 0.15) is 27.7 Å². The lowest BCUT2D eigenvalue weighted by molar-refractivity contribution is 0.0657. The van der Waals surface area contributed by atoms with E-state index in [0.717, 1.165) is 28.0 Å². The van der Waals surface area contributed by atoms with Gasteiger partial charge in [-0.05, 0) is 55.4 Å². The van der Waals surface area contributed by atoms with E-state index >= 15 is 0 Å². The van der Waals surface area contributed by atoms with Crippen molar-refractivity contribution in [2.75, 3.05) is 20.1 Å². The van der Waals surface area contributed by atoms with Crippen LogP contribution in [0.3, 0.4) is 0 Å². The van der Waals surface area contributed by atoms with E-state index in [-0.39, 0.29) is 11.9 Å². The van der Waals surface area contributed by atoms with Crippen molar-refractivity contribution in [3.8, 4) is 0 Å². The van der Waals surface area contributed by atoms with Gasteiger partial charge < -0.3 is 15.2 Å². The predicted molar refractivity (Wildman–Crippen MR) is 106 cm³/mol. The summed E-state index contributed by atoms with van der Waals surface area (Å²) in [4.78, 5) is 18.5. The molecule has 1 aliphatic rings. The number of fused-ring (bicyclic) bond motifs is 3. The summed E-state index contributed by atoms with van der Waals surface area (Å²) in [6.45, 7) is 1.32. The first-order chi connectivity index (χ1) is 12.6. The molecule has 1 aromatic heterocycles. The SMILES string of the molecule is CNCC1c2[nH]c3ccc(Cl)cc3c2CCN1C(=O)c1cccc(Cl)c1. The van der Waals surface area contributed by atoms with Gasteiger partial charge in [0, 0.05) is 45.3 Å². The molecule has 1 aliphatic heterocycles. The highest BCUT2D eigenvalue weighted by Gasteiger charge is 2.33. The number of nitrogens with zero attached hydrogens (tertiary/aromatic N) is 1. The molecule has 0 saturated carbocycles. The third-order valence-electron chi connectivity index (χ3n) is 4.94. The van der Waals surface area contributed by atoms with Crippen molar-refractivity contribution in [1.29, 1.82) is 0 Å². The van der Waals surface area contributed by atoms with E-state index < -0.39 is 0 Å². The molecule has 2 N–H and O–H groups in total. The summed E-state index contributed by atoms with van der Waals surface area (Å²) < 4.78 is 0. The molecule has 4 rings (SSSR count). The highest BCUT2D eigenvalue weighted by Crippen LogP contribution is 2.36. The summed E-state index contributed by atoms with van der Waals surface area (Å²) in [6.07, 6.45) is 0.794. The van der Waals surface area contributed by atoms with Gasteiger partial charge in [0.05, 0.1) is 6.04 Å². The molecule has 1 atom stereocenters. The molecule has 0 spiro atoms. The van der Waals surface area contributed by atoms with Crippen LogP contribution in [0, 0.1) is 0 Å². The maximum atomic E-state index is 13.1. The summed E-state index contributed by atoms with van der Waals surface area (Å²) in [5.41, 5.74) is 4.00. The Morgan fingerprint density at radius 2 is 2.04 bits per heavy atom. The first-order valence-corrected chi connectivity index (χ1v) is 9.35. The van der Waals surface area contributed by atoms with E-state index in [4.69, 9.17) is 23.2 Å². The highest BCUT2D eigenvalue weighted by atomic mass is 35.5. The second-order valence-electron chi connectivity index (χ2n) is 6.54. The molecule has 0 bridgehead atoms. The average molecular weight is 388 g/mol. The first kappa shape index (κ1) is 17.4. The third kappa shape index (κ3) is 2.98. The number of carbonyl (C=O) groups is 1. The Balaban J connectivity index is 1.76. The van der Waals surface area contributed by atoms with Gasteiger partial charge in [0.1, 0.15) is 0 Å². The number of amides is 1. The van der Waals surface area contributed by atoms with Gasteiger partial charge in [-0.3, -0.25) is 4.79 Å². The number of hydrogen-bond donors (Lipinski definition) is 2. The van der Waals surface area contributed by atoms with E-state index in [2.05, 4.69) is 10.3 Å². The van der Waals surface area contributed by atoms with Gasteiger partial charge in [-0.2, -0.15) is 0 Å². The molecule has 26 heavy (non-hydrogen) atoms. The molecule has 134 valence electrons. The minimum Gasteiger partial charge on any atom is -0.356 e. The number of halogens is 2. The molecule has 3 aromatic rings. The minimum absolute atomic E-state index is 0.00455. The second kappa shape index (κ2) is 6.95. The summed E-state index contributed by atoms with van der Waals surface area (Å²) in [5.74, 6) is -0.00455. The number of aromatic amines is 1. The summed E-state index contributed by atoms with van der Waals surface area (Å²) in [7, 11) is 1.90. The number of nitrogens with one attached hydrogen (secondary N) is 2. The number of aromatic nitrogens is 1. The molecule has 0 radical (unpaired) electrons. The standard InChI is InChI=1S/C20H19Cl2N3O/c1-23-11-18-19-15(16-10-14(22)5-6-17(16)24-19)7-8-25(18)20(26)12-3-2-4-13(21)9-12/h2-6,9-10,18,23-24H,7-8,11H2,1H3. The predicted octanol–water partition coefficient (Wildman–Crippen LogP) is 4.43. The smallest absolute Gasteiger partial charge is 0.254 e. The zero-order valence-corrected chi connectivity index (χ0v) is 15.9. The van der Waals surface area contributed by atoms with E-state index in [1.54, 1.807) is 12.1 Å². The van der Waals surface area contributed by atoms with Crippen molar-refractivity contribution < 1.29 is 4.79 Å². The molecule has 4 nitrogen and oxygen atoms in total. The van der Waals surface area contributed by atoms with Crippen molar-refractivity contribution in [3.63, 3.8) is 0 Å². The van der Waals surface area contributed by atoms with Crippen LogP contribution in [-0.4, -0.2) is 35.9 Å². The fourth-order valence-electron chi connectivity index (χ4n) is 3.77. The first-order valence-electron chi connectivity index (χ1n) is 8.59. The zero-order valence-electron chi connectivity index (χ0n) is 14.4. The van der Waals surface area contributed by atoms with Gasteiger partial charge in [-0.25, -0.2) is 0 Å². The van der Waals surface area contributed by atoms with Crippen molar-refractivity contribution in [3.05, 3.63) is 69.3 Å². The largest absolute Gasteiger partial charge is 0.356 e. The Kier molecular flexibility index (Phi) is 4.65. The Bertz CT molecular complexity index is 982. The van der Waals surface area contributed by atoms with Crippen LogP contribution in [0.2, 0.25) is 10.0 Å². The molecule has 0 fully saturated rings. The molecular weight excluding hydrogens is 369 g/mol. The number of benzene rings is 2. The lowest BCUT2D eigenvalue weighted by atomic mass is 9.96. The maximum Gasteiger partial charge on any atom is 0.254 e. The van der Waals surface area contributed by atoms with Gasteiger partial charge in [-0.15, -0.1) is 0 Å². The molecule has 0 aliphatic carbocycles. The van der Waals surface area contributed by atoms with Crippen LogP contribution in [0.4, 0.5) is 0 Å². The molecular formula is C20H19Cl2N3O. The molecule has 2 aromatic carbocycles. The van der Waals surface area contributed by atoms with Crippen molar-refractivity contribution in [1.82, 2.24) is 15.2 Å². The van der Waals surface area contributed by atoms with Gasteiger partial charge >= 0.3 is 0 Å². The summed E-state index contributed by atoms with van der Waals surface area (Å²) in [5, 5.41) is 5.65. The molecule has 6 heteroatoms. The highest BCUT2D eigenvalue weighted by molar-refractivity contribution is 6.31. The van der Waals surface area contributed by atoms with Crippen LogP contribution >= 0.6 is 23.2 Å². The zero-order chi connectivity index (χ0) is 18.3. The number of carbonyl (C=O) groups excluding carboxylic acids is 1. The monoisotopic (exact) mass is 387 g/mol. The molecule has 0 saturated heterocycles. The molecule has 2 heterocycles. The molecule has 1 unspecified atom stereocenters. The van der Waals surface area contributed by atoms with Crippen molar-refractivity contribution in [2.45, 2.75) is 12.5 Å². The van der Waals surface area contributed by atoms with E-state index in [0.29, 0.717) is 23.7 Å². The average Bonchev–Trinajstić information content (AvgIpc) is 3.00. The third-order valence-corrected chi connectivity index (χ3v) is 5.41. The van der Waals surface area contributed by atoms with Crippen LogP contribution in [-0.2, 0) is 6.42 Å². The topological polar surface area (TPSA) is 48.1 Å². The minimum atomic E-state index is -0.0681. The van der Waals surface area contributed by atoms with Gasteiger partial charge in [0.25, 0.3) is 5.91 Å². The number of rotatable bonds is 3. The van der Waals surface area contributed by atoms with Crippen molar-refractivity contribution >= 4 is 40.0 Å². The van der Waals surface area contributed by atoms with Gasteiger partial charge in [-0.1, -0.05) is 29.3 Å². The summed E-state index contributed by atoms with van der Waals surface area (Å²) >= 11 is 12.3. The Morgan fingerprint density at radius 1 is 1.23 bits per heavy atom. The van der Waals surface area contributed by atoms with Crippen LogP contribution < -0.4 is 5.32 Å². The van der Waals surface area contributed by atoms with E-state index in [1.807, 2.05) is 42.3 Å². The van der Waals surface area contributed by atoms with Crippen LogP contribution in [0.15, 0.2) is 42.5 Å². The number of hydrogen-bond acceptors (Lipinski definition) is 2. The number of likely N-dealkylation sites (N-methyl/N-ethyl adjacent to an activating group) is 1. The Morgan fingerprint density at radius 3 is 2.81 bits per heavy atom. The van der Waals surface area contributed by atoms with Gasteiger partial charge in [0.15, 0.2) is 0 Å². The Labute approximate surface area is 162 Å². The number of H-pyrrole nitrogens is 1. The lowest BCUT2D eigenvalue weighted by Crippen LogP contribution is -2.43. The van der Waals surface area contributed by atoms with E-state index in [9.17, 15) is 4.79 Å². The van der Waals surface area contributed by atoms with Crippen LogP contribution in [0.25, 0.3) is 10.9 Å². The summed E-state index contributed by atoms with van der Waals surface area (Å²) in [6, 6.07) is 12.9. The van der Waals surface area contributed by atoms with Crippen LogP contribution in [0.5, 0.6) is 0 Å². The quantitative estimate of drug-likeness (QED) is 0.697. The lowest BCUT2D eigenvalue weighted by Gasteiger charge is -2.36. The molecule has 1 amide bonds. The van der Waals surface area contributed by atoms with Gasteiger partial charge in [0.2, 0.25) is 0 Å².